The van der Waals surface area contributed by atoms with Crippen LogP contribution in [0.3, 0.4) is 0 Å². The van der Waals surface area contributed by atoms with Crippen LogP contribution in [0.4, 0.5) is 4.39 Å². The molecule has 0 aliphatic rings. The van der Waals surface area contributed by atoms with Crippen LogP contribution in [-0.2, 0) is 6.61 Å². The van der Waals surface area contributed by atoms with E-state index in [1.807, 2.05) is 0 Å². The molecule has 0 saturated heterocycles. The van der Waals surface area contributed by atoms with Gasteiger partial charge in [-0.25, -0.2) is 4.39 Å². The molecule has 0 aromatic heterocycles. The van der Waals surface area contributed by atoms with Crippen LogP contribution in [0.1, 0.15) is 11.1 Å². The van der Waals surface area contributed by atoms with Crippen molar-refractivity contribution in [1.82, 2.24) is 0 Å². The molecule has 2 rings (SSSR count). The summed E-state index contributed by atoms with van der Waals surface area (Å²) in [5.74, 6) is 0.0210. The van der Waals surface area contributed by atoms with Crippen LogP contribution in [0.2, 0.25) is 5.02 Å². The third kappa shape index (κ3) is 3.69. The zero-order chi connectivity index (χ0) is 13.8. The van der Waals surface area contributed by atoms with Gasteiger partial charge in [-0.15, -0.1) is 0 Å². The Morgan fingerprint density at radius 3 is 2.53 bits per heavy atom. The number of halogens is 2. The lowest BCUT2D eigenvalue weighted by Crippen LogP contribution is -2.12. The van der Waals surface area contributed by atoms with Gasteiger partial charge in [0.05, 0.1) is 0 Å². The first-order valence-corrected chi connectivity index (χ1v) is 5.94. The number of nitrogens with two attached hydrogens (primary N) is 1. The molecule has 0 unspecified atom stereocenters. The van der Waals surface area contributed by atoms with Crippen molar-refractivity contribution in [2.75, 3.05) is 0 Å². The number of hydrogen-bond acceptors (Lipinski definition) is 2. The van der Waals surface area contributed by atoms with E-state index in [2.05, 4.69) is 0 Å². The molecule has 5 heteroatoms. The topological polar surface area (TPSA) is 59.1 Å². The molecular weight excluding hydrogens is 267 g/mol. The molecule has 98 valence electrons. The second kappa shape index (κ2) is 5.71. The molecule has 2 aromatic carbocycles. The molecule has 0 atom stereocenters. The average molecular weight is 279 g/mol. The highest BCUT2D eigenvalue weighted by Crippen LogP contribution is 2.17. The number of hydrogen-bond donors (Lipinski definition) is 2. The van der Waals surface area contributed by atoms with Crippen molar-refractivity contribution in [3.63, 3.8) is 0 Å². The summed E-state index contributed by atoms with van der Waals surface area (Å²) < 4.78 is 18.8. The summed E-state index contributed by atoms with van der Waals surface area (Å²) in [6.07, 6.45) is 0. The van der Waals surface area contributed by atoms with Gasteiger partial charge in [-0.05, 0) is 48.0 Å². The van der Waals surface area contributed by atoms with E-state index in [9.17, 15) is 4.39 Å². The van der Waals surface area contributed by atoms with Crippen molar-refractivity contribution in [2.45, 2.75) is 6.61 Å². The van der Waals surface area contributed by atoms with Gasteiger partial charge in [-0.2, -0.15) is 0 Å². The molecule has 0 fully saturated rings. The van der Waals surface area contributed by atoms with Gasteiger partial charge in [0, 0.05) is 10.6 Å². The molecule has 3 N–H and O–H groups in total. The van der Waals surface area contributed by atoms with Gasteiger partial charge in [0.25, 0.3) is 0 Å². The molecule has 0 heterocycles. The van der Waals surface area contributed by atoms with Gasteiger partial charge in [0.2, 0.25) is 0 Å². The SMILES string of the molecule is N=C(N)c1cc(F)cc(COc2ccc(Cl)cc2)c1. The number of rotatable bonds is 4. The van der Waals surface area contributed by atoms with Crippen LogP contribution < -0.4 is 10.5 Å². The van der Waals surface area contributed by atoms with Crippen molar-refractivity contribution in [2.24, 2.45) is 5.73 Å². The number of amidine groups is 1. The maximum atomic E-state index is 13.3. The van der Waals surface area contributed by atoms with Gasteiger partial charge >= 0.3 is 0 Å². The molecule has 0 radical (unpaired) electrons. The number of benzene rings is 2. The third-order valence-electron chi connectivity index (χ3n) is 2.49. The van der Waals surface area contributed by atoms with Crippen molar-refractivity contribution in [3.8, 4) is 5.75 Å². The second-order valence-corrected chi connectivity index (χ2v) is 4.44. The maximum Gasteiger partial charge on any atom is 0.124 e. The maximum absolute atomic E-state index is 13.3. The molecule has 19 heavy (non-hydrogen) atoms. The Balaban J connectivity index is 2.11. The van der Waals surface area contributed by atoms with Gasteiger partial charge < -0.3 is 10.5 Å². The van der Waals surface area contributed by atoms with Crippen LogP contribution in [0.25, 0.3) is 0 Å². The fraction of sp³-hybridized carbons (Fsp3) is 0.0714. The molecule has 2 aromatic rings. The lowest BCUT2D eigenvalue weighted by Gasteiger charge is -2.08. The molecule has 0 aliphatic carbocycles. The summed E-state index contributed by atoms with van der Waals surface area (Å²) in [4.78, 5) is 0. The van der Waals surface area contributed by atoms with Crippen LogP contribution in [-0.4, -0.2) is 5.84 Å². The lowest BCUT2D eigenvalue weighted by molar-refractivity contribution is 0.305. The van der Waals surface area contributed by atoms with Crippen molar-refractivity contribution < 1.29 is 9.13 Å². The largest absolute Gasteiger partial charge is 0.489 e. The van der Waals surface area contributed by atoms with Crippen LogP contribution in [0.5, 0.6) is 5.75 Å². The monoisotopic (exact) mass is 278 g/mol. The Morgan fingerprint density at radius 2 is 1.89 bits per heavy atom. The van der Waals surface area contributed by atoms with E-state index >= 15 is 0 Å². The molecule has 0 spiro atoms. The van der Waals surface area contributed by atoms with E-state index in [1.165, 1.54) is 12.1 Å². The predicted octanol–water partition coefficient (Wildman–Crippen LogP) is 3.34. The molecule has 0 aliphatic heterocycles. The first-order valence-electron chi connectivity index (χ1n) is 5.57. The van der Waals surface area contributed by atoms with Gasteiger partial charge in [0.15, 0.2) is 0 Å². The molecule has 3 nitrogen and oxygen atoms in total. The van der Waals surface area contributed by atoms with E-state index in [0.29, 0.717) is 21.9 Å². The minimum atomic E-state index is -0.442. The fourth-order valence-electron chi connectivity index (χ4n) is 1.59. The normalized spacial score (nSPS) is 10.2. The molecule has 0 amide bonds. The van der Waals surface area contributed by atoms with E-state index < -0.39 is 5.82 Å². The molecule has 0 saturated carbocycles. The summed E-state index contributed by atoms with van der Waals surface area (Å²) >= 11 is 5.76. The summed E-state index contributed by atoms with van der Waals surface area (Å²) in [6.45, 7) is 0.194. The zero-order valence-corrected chi connectivity index (χ0v) is 10.7. The highest BCUT2D eigenvalue weighted by molar-refractivity contribution is 6.30. The quantitative estimate of drug-likeness (QED) is 0.666. The van der Waals surface area contributed by atoms with E-state index in [0.717, 1.165) is 0 Å². The Hall–Kier alpha value is -2.07. The Bertz CT molecular complexity index is 599. The highest BCUT2D eigenvalue weighted by Gasteiger charge is 2.04. The Kier molecular flexibility index (Phi) is 4.02. The van der Waals surface area contributed by atoms with Crippen molar-refractivity contribution in [3.05, 3.63) is 64.4 Å². The Morgan fingerprint density at radius 1 is 1.21 bits per heavy atom. The number of ether oxygens (including phenoxy) is 1. The van der Waals surface area contributed by atoms with E-state index in [1.54, 1.807) is 30.3 Å². The summed E-state index contributed by atoms with van der Waals surface area (Å²) in [5.41, 5.74) is 6.29. The van der Waals surface area contributed by atoms with Crippen LogP contribution in [0, 0.1) is 11.2 Å². The van der Waals surface area contributed by atoms with Gasteiger partial charge in [-0.3, -0.25) is 5.41 Å². The molecular formula is C14H12ClFN2O. The molecule has 0 bridgehead atoms. The van der Waals surface area contributed by atoms with E-state index in [4.69, 9.17) is 27.5 Å². The summed E-state index contributed by atoms with van der Waals surface area (Å²) in [7, 11) is 0. The van der Waals surface area contributed by atoms with Crippen LogP contribution in [0.15, 0.2) is 42.5 Å². The second-order valence-electron chi connectivity index (χ2n) is 4.00. The van der Waals surface area contributed by atoms with Crippen molar-refractivity contribution in [1.29, 1.82) is 5.41 Å². The first kappa shape index (κ1) is 13.4. The van der Waals surface area contributed by atoms with Crippen LogP contribution >= 0.6 is 11.6 Å². The minimum Gasteiger partial charge on any atom is -0.489 e. The first-order chi connectivity index (χ1) is 9.04. The summed E-state index contributed by atoms with van der Waals surface area (Å²) in [5, 5.41) is 7.93. The Labute approximate surface area is 115 Å². The van der Waals surface area contributed by atoms with E-state index in [-0.39, 0.29) is 12.4 Å². The average Bonchev–Trinajstić information content (AvgIpc) is 2.37. The highest BCUT2D eigenvalue weighted by atomic mass is 35.5. The number of nitrogens with one attached hydrogen (secondary N) is 1. The standard InChI is InChI=1S/C14H12ClFN2O/c15-11-1-3-13(4-2-11)19-8-9-5-10(14(17)18)7-12(16)6-9/h1-7H,8H2,(H3,17,18). The smallest absolute Gasteiger partial charge is 0.124 e. The fourth-order valence-corrected chi connectivity index (χ4v) is 1.71. The number of nitrogen functional groups attached to an aromatic ring is 1. The zero-order valence-electron chi connectivity index (χ0n) is 9.99. The van der Waals surface area contributed by atoms with Gasteiger partial charge in [-0.1, -0.05) is 11.6 Å². The third-order valence-corrected chi connectivity index (χ3v) is 2.74. The van der Waals surface area contributed by atoms with Gasteiger partial charge in [0.1, 0.15) is 24.0 Å². The predicted molar refractivity (Wildman–Crippen MR) is 73.2 cm³/mol. The lowest BCUT2D eigenvalue weighted by atomic mass is 10.1. The summed E-state index contributed by atoms with van der Waals surface area (Å²) in [6, 6.07) is 11.1. The minimum absolute atomic E-state index is 0.174. The van der Waals surface area contributed by atoms with Crippen molar-refractivity contribution >= 4 is 17.4 Å².